The van der Waals surface area contributed by atoms with Crippen LogP contribution in [-0.2, 0) is 12.8 Å². The summed E-state index contributed by atoms with van der Waals surface area (Å²) in [7, 11) is 0. The van der Waals surface area contributed by atoms with Gasteiger partial charge in [-0.1, -0.05) is 44.0 Å². The van der Waals surface area contributed by atoms with E-state index in [9.17, 15) is 0 Å². The van der Waals surface area contributed by atoms with Crippen LogP contribution in [0.25, 0.3) is 42.5 Å². The molecule has 0 saturated heterocycles. The summed E-state index contributed by atoms with van der Waals surface area (Å²) in [4.78, 5) is 1.41. The number of furan rings is 1. The van der Waals surface area contributed by atoms with E-state index in [1.807, 2.05) is 11.3 Å². The van der Waals surface area contributed by atoms with E-state index in [1.165, 1.54) is 42.4 Å². The molecule has 26 heavy (non-hydrogen) atoms. The molecule has 1 nitrogen and oxygen atoms in total. The Labute approximate surface area is 170 Å². The normalized spacial score (nSPS) is 13.5. The molecule has 0 N–H and O–H groups in total. The molecule has 126 valence electrons. The third-order valence-corrected chi connectivity index (χ3v) is 7.55. The second-order valence-corrected chi connectivity index (χ2v) is 9.64. The number of thiophene rings is 1. The molecule has 2 heterocycles. The van der Waals surface area contributed by atoms with Crippen molar-refractivity contribution in [3.8, 4) is 10.4 Å². The molecule has 0 fully saturated rings. The van der Waals surface area contributed by atoms with Crippen molar-refractivity contribution in [1.29, 1.82) is 0 Å². The van der Waals surface area contributed by atoms with Crippen LogP contribution >= 0.6 is 43.2 Å². The van der Waals surface area contributed by atoms with Gasteiger partial charge >= 0.3 is 0 Å². The number of benzene rings is 3. The van der Waals surface area contributed by atoms with Gasteiger partial charge < -0.3 is 4.42 Å². The van der Waals surface area contributed by atoms with Crippen LogP contribution in [0, 0.1) is 0 Å². The molecular weight excluding hydrogens is 472 g/mol. The molecule has 5 aromatic rings. The maximum absolute atomic E-state index is 6.31. The lowest BCUT2D eigenvalue weighted by molar-refractivity contribution is 0.661. The minimum absolute atomic E-state index is 0.953. The molecule has 6 rings (SSSR count). The summed E-state index contributed by atoms with van der Waals surface area (Å²) in [6.45, 7) is 0. The van der Waals surface area contributed by atoms with Gasteiger partial charge in [-0.3, -0.25) is 0 Å². The third-order valence-electron chi connectivity index (χ3n) is 5.33. The van der Waals surface area contributed by atoms with Gasteiger partial charge in [0.2, 0.25) is 0 Å². The quantitative estimate of drug-likeness (QED) is 0.217. The number of hydrogen-bond donors (Lipinski definition) is 0. The van der Waals surface area contributed by atoms with Gasteiger partial charge in [0.1, 0.15) is 11.2 Å². The van der Waals surface area contributed by atoms with Gasteiger partial charge in [0, 0.05) is 34.9 Å². The predicted molar refractivity (Wildman–Crippen MR) is 117 cm³/mol. The standard InChI is InChI=1S/C22H12Br2OS/c23-11-1-3-13-15-5-8-18-16(21(15)25-19(13)9-11)6-7-17-14-4-2-12(24)10-20(14)26-22(17)18/h1-5,8-10H,6-7H2. The molecule has 0 aliphatic heterocycles. The zero-order valence-electron chi connectivity index (χ0n) is 13.6. The zero-order valence-corrected chi connectivity index (χ0v) is 17.6. The molecule has 0 amide bonds. The van der Waals surface area contributed by atoms with Crippen LogP contribution in [-0.4, -0.2) is 0 Å². The summed E-state index contributed by atoms with van der Waals surface area (Å²) in [6.07, 6.45) is 2.10. The van der Waals surface area contributed by atoms with Crippen LogP contribution in [0.4, 0.5) is 0 Å². The molecule has 0 spiro atoms. The Kier molecular flexibility index (Phi) is 3.23. The first kappa shape index (κ1) is 15.4. The fourth-order valence-electron chi connectivity index (χ4n) is 4.17. The van der Waals surface area contributed by atoms with Crippen LogP contribution in [0.3, 0.4) is 0 Å². The summed E-state index contributed by atoms with van der Waals surface area (Å²) < 4.78 is 9.85. The highest BCUT2D eigenvalue weighted by Crippen LogP contribution is 2.47. The molecule has 0 radical (unpaired) electrons. The van der Waals surface area contributed by atoms with Gasteiger partial charge in [0.15, 0.2) is 0 Å². The van der Waals surface area contributed by atoms with E-state index in [0.717, 1.165) is 33.0 Å². The highest BCUT2D eigenvalue weighted by Gasteiger charge is 2.24. The molecule has 1 aliphatic carbocycles. The molecule has 0 bridgehead atoms. The number of hydrogen-bond acceptors (Lipinski definition) is 2. The van der Waals surface area contributed by atoms with Crippen LogP contribution in [0.1, 0.15) is 11.1 Å². The largest absolute Gasteiger partial charge is 0.456 e. The van der Waals surface area contributed by atoms with Crippen LogP contribution in [0.5, 0.6) is 0 Å². The maximum atomic E-state index is 6.31. The predicted octanol–water partition coefficient (Wildman–Crippen LogP) is 8.09. The summed E-state index contributed by atoms with van der Waals surface area (Å²) in [5.41, 5.74) is 6.19. The first-order valence-electron chi connectivity index (χ1n) is 8.54. The lowest BCUT2D eigenvalue weighted by Gasteiger charge is -2.16. The van der Waals surface area contributed by atoms with Crippen LogP contribution in [0.2, 0.25) is 0 Å². The van der Waals surface area contributed by atoms with Crippen molar-refractivity contribution < 1.29 is 4.42 Å². The van der Waals surface area contributed by atoms with E-state index in [-0.39, 0.29) is 0 Å². The van der Waals surface area contributed by atoms with E-state index in [1.54, 1.807) is 0 Å². The average molecular weight is 484 g/mol. The molecule has 4 heteroatoms. The summed E-state index contributed by atoms with van der Waals surface area (Å²) in [5.74, 6) is 0. The van der Waals surface area contributed by atoms with Gasteiger partial charge in [-0.05, 0) is 65.8 Å². The van der Waals surface area contributed by atoms with Gasteiger partial charge in [0.05, 0.1) is 0 Å². The summed E-state index contributed by atoms with van der Waals surface area (Å²) >= 11 is 9.05. The Hall–Kier alpha value is -1.62. The van der Waals surface area contributed by atoms with Gasteiger partial charge in [0.25, 0.3) is 0 Å². The number of rotatable bonds is 0. The van der Waals surface area contributed by atoms with Crippen molar-refractivity contribution in [3.63, 3.8) is 0 Å². The van der Waals surface area contributed by atoms with Crippen molar-refractivity contribution in [2.24, 2.45) is 0 Å². The zero-order chi connectivity index (χ0) is 17.4. The van der Waals surface area contributed by atoms with E-state index in [2.05, 4.69) is 80.4 Å². The van der Waals surface area contributed by atoms with Crippen molar-refractivity contribution in [2.45, 2.75) is 12.8 Å². The smallest absolute Gasteiger partial charge is 0.139 e. The monoisotopic (exact) mass is 482 g/mol. The highest BCUT2D eigenvalue weighted by atomic mass is 79.9. The van der Waals surface area contributed by atoms with Crippen LogP contribution < -0.4 is 0 Å². The Bertz CT molecular complexity index is 1360. The third kappa shape index (κ3) is 2.07. The SMILES string of the molecule is Brc1ccc2c(c1)oc1c3c(ccc12)-c1sc2cc(Br)ccc2c1CC3. The van der Waals surface area contributed by atoms with Gasteiger partial charge in [-0.2, -0.15) is 0 Å². The van der Waals surface area contributed by atoms with Gasteiger partial charge in [-0.25, -0.2) is 0 Å². The minimum Gasteiger partial charge on any atom is -0.456 e. The first-order valence-corrected chi connectivity index (χ1v) is 10.9. The van der Waals surface area contributed by atoms with E-state index < -0.39 is 0 Å². The Balaban J connectivity index is 1.68. The molecular formula is C22H12Br2OS. The molecule has 3 aromatic carbocycles. The summed E-state index contributed by atoms with van der Waals surface area (Å²) in [5, 5.41) is 3.81. The maximum Gasteiger partial charge on any atom is 0.139 e. The fraction of sp³-hybridized carbons (Fsp3) is 0.0909. The summed E-state index contributed by atoms with van der Waals surface area (Å²) in [6, 6.07) is 17.4. The number of fused-ring (bicyclic) bond motifs is 9. The van der Waals surface area contributed by atoms with Crippen molar-refractivity contribution >= 4 is 75.2 Å². The number of aryl methyl sites for hydroxylation is 2. The Morgan fingerprint density at radius 1 is 0.769 bits per heavy atom. The van der Waals surface area contributed by atoms with Gasteiger partial charge in [-0.15, -0.1) is 11.3 Å². The molecule has 0 unspecified atom stereocenters. The van der Waals surface area contributed by atoms with Crippen molar-refractivity contribution in [1.82, 2.24) is 0 Å². The lowest BCUT2D eigenvalue weighted by atomic mass is 9.88. The Morgan fingerprint density at radius 2 is 1.50 bits per heavy atom. The Morgan fingerprint density at radius 3 is 2.38 bits per heavy atom. The van der Waals surface area contributed by atoms with E-state index >= 15 is 0 Å². The molecule has 0 atom stereocenters. The lowest BCUT2D eigenvalue weighted by Crippen LogP contribution is -2.01. The second-order valence-electron chi connectivity index (χ2n) is 6.76. The molecule has 2 aromatic heterocycles. The van der Waals surface area contributed by atoms with Crippen molar-refractivity contribution in [2.75, 3.05) is 0 Å². The fourth-order valence-corrected chi connectivity index (χ4v) is 6.37. The average Bonchev–Trinajstić information content (AvgIpc) is 3.18. The van der Waals surface area contributed by atoms with Crippen LogP contribution in [0.15, 0.2) is 61.9 Å². The second kappa shape index (κ2) is 5.44. The first-order chi connectivity index (χ1) is 12.7. The van der Waals surface area contributed by atoms with E-state index in [4.69, 9.17) is 4.42 Å². The number of halogens is 2. The van der Waals surface area contributed by atoms with Crippen molar-refractivity contribution in [3.05, 3.63) is 68.6 Å². The topological polar surface area (TPSA) is 13.1 Å². The minimum atomic E-state index is 0.953. The molecule has 1 aliphatic rings. The molecule has 0 saturated carbocycles. The van der Waals surface area contributed by atoms with E-state index in [0.29, 0.717) is 0 Å². The highest BCUT2D eigenvalue weighted by molar-refractivity contribution is 9.10.